The van der Waals surface area contributed by atoms with Crippen molar-refractivity contribution in [1.29, 1.82) is 0 Å². The summed E-state index contributed by atoms with van der Waals surface area (Å²) in [5.74, 6) is 1.05. The van der Waals surface area contributed by atoms with Gasteiger partial charge in [-0.15, -0.1) is 0 Å². The molecule has 3 aromatic rings. The Morgan fingerprint density at radius 3 is 2.92 bits per heavy atom. The molecule has 1 aromatic heterocycles. The number of piperidine rings is 1. The van der Waals surface area contributed by atoms with E-state index in [1.807, 2.05) is 24.3 Å². The molecule has 1 saturated heterocycles. The van der Waals surface area contributed by atoms with E-state index in [0.717, 1.165) is 42.0 Å². The minimum Gasteiger partial charge on any atom is -0.320 e. The van der Waals surface area contributed by atoms with Crippen molar-refractivity contribution in [3.63, 3.8) is 0 Å². The van der Waals surface area contributed by atoms with Crippen LogP contribution in [-0.4, -0.2) is 28.4 Å². The van der Waals surface area contributed by atoms with Crippen molar-refractivity contribution in [3.8, 4) is 11.4 Å². The molecule has 26 heavy (non-hydrogen) atoms. The first-order valence-electron chi connectivity index (χ1n) is 9.19. The molecule has 0 radical (unpaired) electrons. The summed E-state index contributed by atoms with van der Waals surface area (Å²) in [6, 6.07) is 17.0. The van der Waals surface area contributed by atoms with E-state index < -0.39 is 0 Å². The molecule has 1 atom stereocenters. The van der Waals surface area contributed by atoms with Crippen molar-refractivity contribution >= 4 is 22.9 Å². The van der Waals surface area contributed by atoms with Gasteiger partial charge in [-0.05, 0) is 56.1 Å². The molecule has 2 aromatic carbocycles. The van der Waals surface area contributed by atoms with Gasteiger partial charge in [-0.25, -0.2) is 4.98 Å². The average molecular weight is 345 g/mol. The number of aromatic nitrogens is 2. The molecule has 0 spiro atoms. The van der Waals surface area contributed by atoms with Gasteiger partial charge in [0.1, 0.15) is 5.82 Å². The van der Waals surface area contributed by atoms with Gasteiger partial charge in [0.2, 0.25) is 0 Å². The van der Waals surface area contributed by atoms with E-state index in [-0.39, 0.29) is 5.78 Å². The lowest BCUT2D eigenvalue weighted by molar-refractivity contribution is -0.112. The zero-order chi connectivity index (χ0) is 17.9. The molecule has 0 bridgehead atoms. The molecule has 4 heteroatoms. The number of nitrogens with one attached hydrogen (secondary N) is 1. The third-order valence-corrected chi connectivity index (χ3v) is 4.89. The summed E-state index contributed by atoms with van der Waals surface area (Å²) < 4.78 is 2.38. The fourth-order valence-electron chi connectivity index (χ4n) is 3.67. The summed E-state index contributed by atoms with van der Waals surface area (Å²) in [4.78, 5) is 16.2. The van der Waals surface area contributed by atoms with Gasteiger partial charge in [0.05, 0.1) is 11.0 Å². The van der Waals surface area contributed by atoms with Crippen LogP contribution in [0.25, 0.3) is 28.5 Å². The number of para-hydroxylation sites is 2. The molecule has 4 rings (SSSR count). The van der Waals surface area contributed by atoms with Gasteiger partial charge >= 0.3 is 0 Å². The molecule has 2 heterocycles. The number of hydrogen-bond donors (Lipinski definition) is 1. The summed E-state index contributed by atoms with van der Waals surface area (Å²) in [7, 11) is 0. The van der Waals surface area contributed by atoms with E-state index in [1.54, 1.807) is 13.0 Å². The normalized spacial score (nSPS) is 17.8. The fourth-order valence-corrected chi connectivity index (χ4v) is 3.67. The molecule has 132 valence electrons. The summed E-state index contributed by atoms with van der Waals surface area (Å²) in [6.07, 6.45) is 5.80. The maximum absolute atomic E-state index is 11.2. The van der Waals surface area contributed by atoms with Crippen LogP contribution in [0.15, 0.2) is 54.6 Å². The van der Waals surface area contributed by atoms with Crippen molar-refractivity contribution in [1.82, 2.24) is 14.9 Å². The highest BCUT2D eigenvalue weighted by Crippen LogP contribution is 2.31. The first-order valence-corrected chi connectivity index (χ1v) is 9.19. The molecule has 0 aliphatic carbocycles. The Labute approximate surface area is 153 Å². The minimum atomic E-state index is 0.0518. The first kappa shape index (κ1) is 16.7. The van der Waals surface area contributed by atoms with E-state index in [2.05, 4.69) is 40.2 Å². The van der Waals surface area contributed by atoms with Crippen molar-refractivity contribution in [2.75, 3.05) is 13.1 Å². The zero-order valence-electron chi connectivity index (χ0n) is 15.0. The standard InChI is InChI=1S/C22H23N3O/c1-16(26)11-12-17-6-4-7-18(14-17)22-24-20-9-2-3-10-21(20)25(22)19-8-5-13-23-15-19/h2-4,6-7,9-12,14,19,23H,5,8,13,15H2,1H3/b12-11+/t19-/m1/s1. The Bertz CT molecular complexity index is 964. The summed E-state index contributed by atoms with van der Waals surface area (Å²) >= 11 is 0. The lowest BCUT2D eigenvalue weighted by Crippen LogP contribution is -2.31. The smallest absolute Gasteiger partial charge is 0.152 e. The Morgan fingerprint density at radius 2 is 2.12 bits per heavy atom. The Kier molecular flexibility index (Phi) is 4.67. The fraction of sp³-hybridized carbons (Fsp3) is 0.273. The molecule has 1 N–H and O–H groups in total. The van der Waals surface area contributed by atoms with E-state index >= 15 is 0 Å². The number of carbonyl (C=O) groups is 1. The Hall–Kier alpha value is -2.72. The van der Waals surface area contributed by atoms with E-state index in [9.17, 15) is 4.79 Å². The predicted molar refractivity (Wildman–Crippen MR) is 106 cm³/mol. The molecule has 1 aliphatic rings. The number of carbonyl (C=O) groups excluding carboxylic acids is 1. The topological polar surface area (TPSA) is 46.9 Å². The number of nitrogens with zero attached hydrogens (tertiary/aromatic N) is 2. The molecule has 1 aliphatic heterocycles. The Balaban J connectivity index is 1.83. The van der Waals surface area contributed by atoms with Gasteiger partial charge in [0.25, 0.3) is 0 Å². The number of ketones is 1. The quantitative estimate of drug-likeness (QED) is 0.720. The SMILES string of the molecule is CC(=O)/C=C/c1cccc(-c2nc3ccccc3n2[C@@H]2CCCNC2)c1. The lowest BCUT2D eigenvalue weighted by atomic mass is 10.1. The Morgan fingerprint density at radius 1 is 1.23 bits per heavy atom. The van der Waals surface area contributed by atoms with Crippen LogP contribution >= 0.6 is 0 Å². The van der Waals surface area contributed by atoms with Crippen molar-refractivity contribution in [2.45, 2.75) is 25.8 Å². The number of fused-ring (bicyclic) bond motifs is 1. The van der Waals surface area contributed by atoms with Crippen molar-refractivity contribution in [2.24, 2.45) is 0 Å². The average Bonchev–Trinajstić information content (AvgIpc) is 3.07. The molecule has 4 nitrogen and oxygen atoms in total. The summed E-state index contributed by atoms with van der Waals surface area (Å²) in [5, 5.41) is 3.51. The minimum absolute atomic E-state index is 0.0518. The maximum Gasteiger partial charge on any atom is 0.152 e. The third-order valence-electron chi connectivity index (χ3n) is 4.89. The van der Waals surface area contributed by atoms with Gasteiger partial charge in [-0.3, -0.25) is 4.79 Å². The second-order valence-electron chi connectivity index (χ2n) is 6.86. The largest absolute Gasteiger partial charge is 0.320 e. The van der Waals surface area contributed by atoms with Gasteiger partial charge in [-0.2, -0.15) is 0 Å². The van der Waals surface area contributed by atoms with E-state index in [1.165, 1.54) is 11.9 Å². The molecule has 0 unspecified atom stereocenters. The van der Waals surface area contributed by atoms with Crippen LogP contribution < -0.4 is 5.32 Å². The van der Waals surface area contributed by atoms with Gasteiger partial charge in [0.15, 0.2) is 5.78 Å². The highest BCUT2D eigenvalue weighted by molar-refractivity contribution is 5.91. The molecule has 1 fully saturated rings. The van der Waals surface area contributed by atoms with Crippen molar-refractivity contribution in [3.05, 3.63) is 60.2 Å². The van der Waals surface area contributed by atoms with Crippen LogP contribution in [0.4, 0.5) is 0 Å². The van der Waals surface area contributed by atoms with Crippen LogP contribution in [0.2, 0.25) is 0 Å². The highest BCUT2D eigenvalue weighted by atomic mass is 16.1. The van der Waals surface area contributed by atoms with Crippen LogP contribution in [0.3, 0.4) is 0 Å². The number of rotatable bonds is 4. The molecular weight excluding hydrogens is 322 g/mol. The van der Waals surface area contributed by atoms with Crippen LogP contribution in [-0.2, 0) is 4.79 Å². The van der Waals surface area contributed by atoms with Crippen LogP contribution in [0, 0.1) is 0 Å². The number of allylic oxidation sites excluding steroid dienone is 1. The summed E-state index contributed by atoms with van der Waals surface area (Å²) in [6.45, 7) is 3.62. The van der Waals surface area contributed by atoms with Gasteiger partial charge < -0.3 is 9.88 Å². The van der Waals surface area contributed by atoms with Crippen LogP contribution in [0.5, 0.6) is 0 Å². The molecule has 0 saturated carbocycles. The first-order chi connectivity index (χ1) is 12.7. The van der Waals surface area contributed by atoms with E-state index in [0.29, 0.717) is 6.04 Å². The van der Waals surface area contributed by atoms with Gasteiger partial charge in [0, 0.05) is 18.2 Å². The predicted octanol–water partition coefficient (Wildman–Crippen LogP) is 4.23. The second kappa shape index (κ2) is 7.26. The summed E-state index contributed by atoms with van der Waals surface area (Å²) in [5.41, 5.74) is 4.30. The second-order valence-corrected chi connectivity index (χ2v) is 6.86. The van der Waals surface area contributed by atoms with Gasteiger partial charge in [-0.1, -0.05) is 36.4 Å². The highest BCUT2D eigenvalue weighted by Gasteiger charge is 2.21. The maximum atomic E-state index is 11.2. The zero-order valence-corrected chi connectivity index (χ0v) is 15.0. The van der Waals surface area contributed by atoms with Crippen LogP contribution in [0.1, 0.15) is 31.4 Å². The van der Waals surface area contributed by atoms with E-state index in [4.69, 9.17) is 4.98 Å². The number of benzene rings is 2. The van der Waals surface area contributed by atoms with Crippen molar-refractivity contribution < 1.29 is 4.79 Å². The molecule has 0 amide bonds. The number of hydrogen-bond acceptors (Lipinski definition) is 3. The lowest BCUT2D eigenvalue weighted by Gasteiger charge is -2.26. The third kappa shape index (κ3) is 3.33. The monoisotopic (exact) mass is 345 g/mol. The molecular formula is C22H23N3O. The number of imidazole rings is 1.